The molecule has 5 heteroatoms. The molecule has 0 aliphatic rings. The molecule has 0 aliphatic heterocycles. The summed E-state index contributed by atoms with van der Waals surface area (Å²) < 4.78 is 29.2. The summed E-state index contributed by atoms with van der Waals surface area (Å²) >= 11 is 3.31. The van der Waals surface area contributed by atoms with Crippen molar-refractivity contribution < 1.29 is 13.5 Å². The fraction of sp³-hybridized carbons (Fsp3) is 0.111. The van der Waals surface area contributed by atoms with E-state index >= 15 is 0 Å². The van der Waals surface area contributed by atoms with Crippen molar-refractivity contribution in [3.8, 4) is 5.75 Å². The van der Waals surface area contributed by atoms with E-state index in [-0.39, 0.29) is 5.75 Å². The maximum Gasteiger partial charge on any atom is 0.387 e. The van der Waals surface area contributed by atoms with Crippen LogP contribution >= 0.6 is 15.9 Å². The maximum atomic E-state index is 12.0. The predicted molar refractivity (Wildman–Crippen MR) is 52.6 cm³/mol. The molecule has 0 unspecified atom stereocenters. The van der Waals surface area contributed by atoms with Crippen LogP contribution in [0.15, 0.2) is 28.9 Å². The van der Waals surface area contributed by atoms with Crippen molar-refractivity contribution in [1.82, 2.24) is 4.98 Å². The molecule has 0 saturated heterocycles. The van der Waals surface area contributed by atoms with Gasteiger partial charge in [0, 0.05) is 16.1 Å². The molecular formula is C9H6BrF2NO. The number of benzene rings is 1. The Hall–Kier alpha value is -1.10. The monoisotopic (exact) mass is 261 g/mol. The minimum Gasteiger partial charge on any atom is -0.433 e. The highest BCUT2D eigenvalue weighted by atomic mass is 79.9. The second-order valence-corrected chi connectivity index (χ2v) is 3.54. The number of rotatable bonds is 2. The van der Waals surface area contributed by atoms with Gasteiger partial charge in [-0.1, -0.05) is 15.9 Å². The third-order valence-electron chi connectivity index (χ3n) is 1.85. The maximum absolute atomic E-state index is 12.0. The third kappa shape index (κ3) is 1.59. The van der Waals surface area contributed by atoms with Gasteiger partial charge in [-0.2, -0.15) is 8.78 Å². The van der Waals surface area contributed by atoms with Crippen LogP contribution in [0, 0.1) is 0 Å². The molecule has 1 aromatic heterocycles. The number of ether oxygens (including phenoxy) is 1. The Labute approximate surface area is 87.0 Å². The Morgan fingerprint density at radius 1 is 1.29 bits per heavy atom. The van der Waals surface area contributed by atoms with Gasteiger partial charge < -0.3 is 9.72 Å². The van der Waals surface area contributed by atoms with E-state index in [0.29, 0.717) is 5.52 Å². The van der Waals surface area contributed by atoms with E-state index in [4.69, 9.17) is 0 Å². The van der Waals surface area contributed by atoms with Gasteiger partial charge in [0.15, 0.2) is 0 Å². The van der Waals surface area contributed by atoms with Crippen molar-refractivity contribution in [3.05, 3.63) is 28.9 Å². The molecule has 0 saturated carbocycles. The summed E-state index contributed by atoms with van der Waals surface area (Å²) in [6, 6.07) is 4.96. The zero-order valence-corrected chi connectivity index (χ0v) is 8.51. The smallest absolute Gasteiger partial charge is 0.387 e. The lowest BCUT2D eigenvalue weighted by atomic mass is 10.2. The first-order valence-electron chi connectivity index (χ1n) is 3.89. The molecular weight excluding hydrogens is 256 g/mol. The molecule has 2 nitrogen and oxygen atoms in total. The van der Waals surface area contributed by atoms with Crippen LogP contribution in [0.4, 0.5) is 8.78 Å². The van der Waals surface area contributed by atoms with Crippen LogP contribution < -0.4 is 4.74 Å². The van der Waals surface area contributed by atoms with E-state index < -0.39 is 6.61 Å². The fourth-order valence-electron chi connectivity index (χ4n) is 1.29. The summed E-state index contributed by atoms with van der Waals surface area (Å²) in [4.78, 5) is 2.85. The first kappa shape index (κ1) is 9.45. The SMILES string of the molecule is FC(F)Oc1ccc(Br)c2cc[nH]c12. The number of hydrogen-bond acceptors (Lipinski definition) is 1. The fourth-order valence-corrected chi connectivity index (χ4v) is 1.75. The Bertz CT molecular complexity index is 455. The van der Waals surface area contributed by atoms with Crippen molar-refractivity contribution in [3.63, 3.8) is 0 Å². The van der Waals surface area contributed by atoms with Crippen molar-refractivity contribution in [2.24, 2.45) is 0 Å². The molecule has 0 radical (unpaired) electrons. The van der Waals surface area contributed by atoms with Crippen LogP contribution in [-0.2, 0) is 0 Å². The number of alkyl halides is 2. The Balaban J connectivity index is 2.55. The van der Waals surface area contributed by atoms with E-state index in [1.54, 1.807) is 18.3 Å². The first-order chi connectivity index (χ1) is 6.68. The van der Waals surface area contributed by atoms with Crippen molar-refractivity contribution >= 4 is 26.8 Å². The average Bonchev–Trinajstić information content (AvgIpc) is 2.58. The van der Waals surface area contributed by atoms with E-state index in [2.05, 4.69) is 25.7 Å². The van der Waals surface area contributed by atoms with Crippen LogP contribution in [0.3, 0.4) is 0 Å². The predicted octanol–water partition coefficient (Wildman–Crippen LogP) is 3.53. The standard InChI is InChI=1S/C9H6BrF2NO/c10-6-1-2-7(14-9(11)12)8-5(6)3-4-13-8/h1-4,9,13H. The molecule has 0 spiro atoms. The second-order valence-electron chi connectivity index (χ2n) is 2.69. The topological polar surface area (TPSA) is 25.0 Å². The summed E-state index contributed by atoms with van der Waals surface area (Å²) in [5.74, 6) is 0.156. The van der Waals surface area contributed by atoms with Crippen LogP contribution in [0.5, 0.6) is 5.75 Å². The minimum atomic E-state index is -2.80. The molecule has 2 aromatic rings. The highest BCUT2D eigenvalue weighted by Gasteiger charge is 2.10. The van der Waals surface area contributed by atoms with Crippen molar-refractivity contribution in [2.75, 3.05) is 0 Å². The Morgan fingerprint density at radius 3 is 2.79 bits per heavy atom. The van der Waals surface area contributed by atoms with Gasteiger partial charge >= 0.3 is 6.61 Å². The van der Waals surface area contributed by atoms with Crippen molar-refractivity contribution in [1.29, 1.82) is 0 Å². The van der Waals surface area contributed by atoms with Gasteiger partial charge in [-0.05, 0) is 18.2 Å². The molecule has 0 bridgehead atoms. The number of H-pyrrole nitrogens is 1. The number of nitrogens with one attached hydrogen (secondary N) is 1. The van der Waals surface area contributed by atoms with E-state index in [0.717, 1.165) is 9.86 Å². The van der Waals surface area contributed by atoms with E-state index in [1.807, 2.05) is 0 Å². The summed E-state index contributed by atoms with van der Waals surface area (Å²) in [5.41, 5.74) is 0.569. The molecule has 0 amide bonds. The van der Waals surface area contributed by atoms with E-state index in [1.165, 1.54) is 6.07 Å². The van der Waals surface area contributed by atoms with Gasteiger partial charge in [0.25, 0.3) is 0 Å². The van der Waals surface area contributed by atoms with Gasteiger partial charge in [-0.15, -0.1) is 0 Å². The quantitative estimate of drug-likeness (QED) is 0.879. The normalized spacial score (nSPS) is 11.1. The Kier molecular flexibility index (Phi) is 2.41. The van der Waals surface area contributed by atoms with E-state index in [9.17, 15) is 8.78 Å². The first-order valence-corrected chi connectivity index (χ1v) is 4.68. The second kappa shape index (κ2) is 3.57. The largest absolute Gasteiger partial charge is 0.433 e. The minimum absolute atomic E-state index is 0.156. The van der Waals surface area contributed by atoms with Crippen molar-refractivity contribution in [2.45, 2.75) is 6.61 Å². The van der Waals surface area contributed by atoms with Crippen LogP contribution in [0.2, 0.25) is 0 Å². The van der Waals surface area contributed by atoms with Crippen LogP contribution in [-0.4, -0.2) is 11.6 Å². The third-order valence-corrected chi connectivity index (χ3v) is 2.54. The number of aromatic nitrogens is 1. The zero-order valence-electron chi connectivity index (χ0n) is 6.93. The Morgan fingerprint density at radius 2 is 2.07 bits per heavy atom. The summed E-state index contributed by atoms with van der Waals surface area (Å²) in [6.07, 6.45) is 1.67. The summed E-state index contributed by atoms with van der Waals surface area (Å²) in [7, 11) is 0. The lowest BCUT2D eigenvalue weighted by Gasteiger charge is -2.05. The molecule has 1 heterocycles. The molecule has 74 valence electrons. The summed E-state index contributed by atoms with van der Waals surface area (Å²) in [5, 5.41) is 0.822. The van der Waals surface area contributed by atoms with Gasteiger partial charge in [0.2, 0.25) is 0 Å². The summed E-state index contributed by atoms with van der Waals surface area (Å²) in [6.45, 7) is -2.80. The molecule has 0 atom stereocenters. The number of halogens is 3. The molecule has 0 aliphatic carbocycles. The highest BCUT2D eigenvalue weighted by Crippen LogP contribution is 2.31. The van der Waals surface area contributed by atoms with Crippen LogP contribution in [0.25, 0.3) is 10.9 Å². The molecule has 1 aromatic carbocycles. The van der Waals surface area contributed by atoms with Gasteiger partial charge in [-0.25, -0.2) is 0 Å². The molecule has 2 rings (SSSR count). The zero-order chi connectivity index (χ0) is 10.1. The molecule has 1 N–H and O–H groups in total. The lowest BCUT2D eigenvalue weighted by Crippen LogP contribution is -2.02. The highest BCUT2D eigenvalue weighted by molar-refractivity contribution is 9.10. The number of fused-ring (bicyclic) bond motifs is 1. The van der Waals surface area contributed by atoms with Gasteiger partial charge in [-0.3, -0.25) is 0 Å². The van der Waals surface area contributed by atoms with Gasteiger partial charge in [0.1, 0.15) is 5.75 Å². The van der Waals surface area contributed by atoms with Gasteiger partial charge in [0.05, 0.1) is 5.52 Å². The lowest BCUT2D eigenvalue weighted by molar-refractivity contribution is -0.0489. The van der Waals surface area contributed by atoms with Crippen LogP contribution in [0.1, 0.15) is 0 Å². The molecule has 0 fully saturated rings. The number of hydrogen-bond donors (Lipinski definition) is 1. The average molecular weight is 262 g/mol. The molecule has 14 heavy (non-hydrogen) atoms. The number of aromatic amines is 1.